The monoisotopic (exact) mass is 320 g/mol. The number of carbonyl (C=O) groups excluding carboxylic acids is 1. The molecule has 23 heavy (non-hydrogen) atoms. The largest absolute Gasteiger partial charge is 0.508 e. The van der Waals surface area contributed by atoms with Crippen molar-refractivity contribution in [2.45, 2.75) is 58.2 Å². The second kappa shape index (κ2) is 7.21. The van der Waals surface area contributed by atoms with E-state index in [2.05, 4.69) is 5.32 Å². The molecule has 1 fully saturated rings. The van der Waals surface area contributed by atoms with Gasteiger partial charge in [0, 0.05) is 30.7 Å². The molecule has 1 aromatic rings. The minimum atomic E-state index is -0.472. The van der Waals surface area contributed by atoms with E-state index in [9.17, 15) is 9.90 Å². The Bertz CT molecular complexity index is 539. The number of likely N-dealkylation sites (tertiary alicyclic amines) is 1. The van der Waals surface area contributed by atoms with E-state index in [-0.39, 0.29) is 18.2 Å². The minimum absolute atomic E-state index is 0.0276. The van der Waals surface area contributed by atoms with Gasteiger partial charge in [0.05, 0.1) is 0 Å². The Morgan fingerprint density at radius 3 is 2.74 bits per heavy atom. The van der Waals surface area contributed by atoms with Crippen LogP contribution in [-0.4, -0.2) is 40.8 Å². The number of amides is 1. The molecule has 1 aliphatic heterocycles. The van der Waals surface area contributed by atoms with E-state index in [0.29, 0.717) is 12.3 Å². The molecule has 2 N–H and O–H groups in total. The number of para-hydroxylation sites is 1. The molecule has 2 unspecified atom stereocenters. The van der Waals surface area contributed by atoms with E-state index in [4.69, 9.17) is 4.74 Å². The molecular weight excluding hydrogens is 292 g/mol. The van der Waals surface area contributed by atoms with Gasteiger partial charge in [0.1, 0.15) is 11.4 Å². The molecule has 0 aliphatic carbocycles. The number of hydrogen-bond donors (Lipinski definition) is 2. The number of phenols is 1. The van der Waals surface area contributed by atoms with Crippen molar-refractivity contribution in [1.29, 1.82) is 0 Å². The predicted molar refractivity (Wildman–Crippen MR) is 90.5 cm³/mol. The second-order valence-electron chi connectivity index (χ2n) is 7.21. The van der Waals surface area contributed by atoms with Crippen LogP contribution >= 0.6 is 0 Å². The SMILES string of the molecule is CC(NC1CCCN(C(=O)OC(C)(C)C)C1)c1ccccc1O. The third-order valence-electron chi connectivity index (χ3n) is 3.96. The smallest absolute Gasteiger partial charge is 0.410 e. The van der Waals surface area contributed by atoms with Gasteiger partial charge in [-0.2, -0.15) is 0 Å². The highest BCUT2D eigenvalue weighted by Crippen LogP contribution is 2.25. The van der Waals surface area contributed by atoms with Gasteiger partial charge >= 0.3 is 6.09 Å². The summed E-state index contributed by atoms with van der Waals surface area (Å²) in [6, 6.07) is 7.58. The molecule has 1 amide bonds. The Labute approximate surface area is 138 Å². The van der Waals surface area contributed by atoms with E-state index >= 15 is 0 Å². The van der Waals surface area contributed by atoms with Gasteiger partial charge in [-0.3, -0.25) is 0 Å². The maximum Gasteiger partial charge on any atom is 0.410 e. The van der Waals surface area contributed by atoms with Crippen LogP contribution in [0.15, 0.2) is 24.3 Å². The van der Waals surface area contributed by atoms with Crippen molar-refractivity contribution < 1.29 is 14.6 Å². The maximum absolute atomic E-state index is 12.2. The molecule has 1 aromatic carbocycles. The van der Waals surface area contributed by atoms with Gasteiger partial charge in [0.2, 0.25) is 0 Å². The molecule has 5 nitrogen and oxygen atoms in total. The van der Waals surface area contributed by atoms with Crippen molar-refractivity contribution in [3.63, 3.8) is 0 Å². The average molecular weight is 320 g/mol. The highest BCUT2D eigenvalue weighted by molar-refractivity contribution is 5.68. The number of rotatable bonds is 3. The van der Waals surface area contributed by atoms with Gasteiger partial charge in [-0.1, -0.05) is 18.2 Å². The Balaban J connectivity index is 1.94. The highest BCUT2D eigenvalue weighted by atomic mass is 16.6. The summed E-state index contributed by atoms with van der Waals surface area (Å²) in [6.07, 6.45) is 1.71. The first-order valence-corrected chi connectivity index (χ1v) is 8.28. The molecule has 1 aliphatic rings. The summed E-state index contributed by atoms with van der Waals surface area (Å²) in [4.78, 5) is 14.0. The van der Waals surface area contributed by atoms with Gasteiger partial charge in [0.25, 0.3) is 0 Å². The fourth-order valence-corrected chi connectivity index (χ4v) is 2.90. The number of nitrogens with one attached hydrogen (secondary N) is 1. The van der Waals surface area contributed by atoms with Crippen molar-refractivity contribution in [3.05, 3.63) is 29.8 Å². The fraction of sp³-hybridized carbons (Fsp3) is 0.611. The summed E-state index contributed by atoms with van der Waals surface area (Å²) in [5, 5.41) is 13.5. The van der Waals surface area contributed by atoms with Gasteiger partial charge in [-0.05, 0) is 46.6 Å². The summed E-state index contributed by atoms with van der Waals surface area (Å²) in [6.45, 7) is 9.03. The number of ether oxygens (including phenoxy) is 1. The number of aromatic hydroxyl groups is 1. The lowest BCUT2D eigenvalue weighted by molar-refractivity contribution is 0.0183. The summed E-state index contributed by atoms with van der Waals surface area (Å²) in [5.74, 6) is 0.298. The lowest BCUT2D eigenvalue weighted by Crippen LogP contribution is -2.49. The van der Waals surface area contributed by atoms with Gasteiger partial charge in [-0.25, -0.2) is 4.79 Å². The topological polar surface area (TPSA) is 61.8 Å². The lowest BCUT2D eigenvalue weighted by atomic mass is 10.0. The van der Waals surface area contributed by atoms with Gasteiger partial charge in [0.15, 0.2) is 0 Å². The van der Waals surface area contributed by atoms with Crippen molar-refractivity contribution in [1.82, 2.24) is 10.2 Å². The summed E-state index contributed by atoms with van der Waals surface area (Å²) in [7, 11) is 0. The predicted octanol–water partition coefficient (Wildman–Crippen LogP) is 3.44. The molecule has 5 heteroatoms. The van der Waals surface area contributed by atoms with Gasteiger partial charge < -0.3 is 20.1 Å². The maximum atomic E-state index is 12.2. The van der Waals surface area contributed by atoms with Crippen molar-refractivity contribution >= 4 is 6.09 Å². The number of benzene rings is 1. The molecule has 0 saturated carbocycles. The molecule has 0 spiro atoms. The number of nitrogens with zero attached hydrogens (tertiary/aromatic N) is 1. The Morgan fingerprint density at radius 2 is 2.09 bits per heavy atom. The number of piperidine rings is 1. The van der Waals surface area contributed by atoms with E-state index in [1.165, 1.54) is 0 Å². The quantitative estimate of drug-likeness (QED) is 0.895. The van der Waals surface area contributed by atoms with Crippen LogP contribution in [-0.2, 0) is 4.74 Å². The molecule has 0 radical (unpaired) electrons. The first-order chi connectivity index (χ1) is 10.8. The van der Waals surface area contributed by atoms with E-state index in [0.717, 1.165) is 24.9 Å². The fourth-order valence-electron chi connectivity index (χ4n) is 2.90. The van der Waals surface area contributed by atoms with E-state index in [1.807, 2.05) is 45.9 Å². The van der Waals surface area contributed by atoms with Crippen LogP contribution in [0, 0.1) is 0 Å². The van der Waals surface area contributed by atoms with E-state index < -0.39 is 5.60 Å². The summed E-state index contributed by atoms with van der Waals surface area (Å²) < 4.78 is 5.45. The first-order valence-electron chi connectivity index (χ1n) is 8.28. The molecule has 2 rings (SSSR count). The zero-order chi connectivity index (χ0) is 17.0. The highest BCUT2D eigenvalue weighted by Gasteiger charge is 2.28. The molecule has 0 aromatic heterocycles. The molecule has 2 atom stereocenters. The molecule has 1 heterocycles. The van der Waals surface area contributed by atoms with Crippen molar-refractivity contribution in [2.75, 3.05) is 13.1 Å². The summed E-state index contributed by atoms with van der Waals surface area (Å²) in [5.41, 5.74) is 0.405. The van der Waals surface area contributed by atoms with Crippen LogP contribution < -0.4 is 5.32 Å². The van der Waals surface area contributed by atoms with Crippen LogP contribution in [0.25, 0.3) is 0 Å². The number of carbonyl (C=O) groups is 1. The first kappa shape index (κ1) is 17.6. The van der Waals surface area contributed by atoms with Crippen LogP contribution in [0.4, 0.5) is 4.79 Å². The van der Waals surface area contributed by atoms with Crippen LogP contribution in [0.1, 0.15) is 52.1 Å². The lowest BCUT2D eigenvalue weighted by Gasteiger charge is -2.35. The standard InChI is InChI=1S/C18H28N2O3/c1-13(15-9-5-6-10-16(15)21)19-14-8-7-11-20(12-14)17(22)23-18(2,3)4/h5-6,9-10,13-14,19,21H,7-8,11-12H2,1-4H3. The third kappa shape index (κ3) is 5.13. The Morgan fingerprint density at radius 1 is 1.39 bits per heavy atom. The van der Waals surface area contributed by atoms with E-state index in [1.54, 1.807) is 11.0 Å². The van der Waals surface area contributed by atoms with Crippen LogP contribution in [0.2, 0.25) is 0 Å². The Kier molecular flexibility index (Phi) is 5.52. The van der Waals surface area contributed by atoms with Crippen molar-refractivity contribution in [2.24, 2.45) is 0 Å². The van der Waals surface area contributed by atoms with Crippen LogP contribution in [0.3, 0.4) is 0 Å². The molecule has 128 valence electrons. The second-order valence-corrected chi connectivity index (χ2v) is 7.21. The van der Waals surface area contributed by atoms with Crippen molar-refractivity contribution in [3.8, 4) is 5.75 Å². The Hall–Kier alpha value is -1.75. The normalized spacial score (nSPS) is 20.2. The number of phenolic OH excluding ortho intramolecular Hbond substituents is 1. The molecule has 1 saturated heterocycles. The van der Waals surface area contributed by atoms with Gasteiger partial charge in [-0.15, -0.1) is 0 Å². The zero-order valence-corrected chi connectivity index (χ0v) is 14.5. The third-order valence-corrected chi connectivity index (χ3v) is 3.96. The zero-order valence-electron chi connectivity index (χ0n) is 14.5. The van der Waals surface area contributed by atoms with Crippen LogP contribution in [0.5, 0.6) is 5.75 Å². The molecular formula is C18H28N2O3. The minimum Gasteiger partial charge on any atom is -0.508 e. The average Bonchev–Trinajstić information content (AvgIpc) is 2.46. The summed E-state index contributed by atoms with van der Waals surface area (Å²) >= 11 is 0. The molecule has 0 bridgehead atoms. The number of hydrogen-bond acceptors (Lipinski definition) is 4.